The summed E-state index contributed by atoms with van der Waals surface area (Å²) in [5.74, 6) is 0.869. The van der Waals surface area contributed by atoms with Crippen molar-refractivity contribution in [3.05, 3.63) is 53.6 Å². The van der Waals surface area contributed by atoms with Crippen molar-refractivity contribution in [2.45, 2.75) is 32.2 Å². The fourth-order valence-corrected chi connectivity index (χ4v) is 4.02. The number of nitrogens with one attached hydrogen (secondary N) is 1. The number of carbonyl (C=O) groups excluding carboxylic acids is 1. The van der Waals surface area contributed by atoms with E-state index in [0.29, 0.717) is 30.4 Å². The zero-order valence-electron chi connectivity index (χ0n) is 15.7. The molecule has 7 heteroatoms. The summed E-state index contributed by atoms with van der Waals surface area (Å²) in [4.78, 5) is 14.2. The molecule has 0 aliphatic carbocycles. The summed E-state index contributed by atoms with van der Waals surface area (Å²) in [5, 5.41) is 0. The molecule has 0 saturated heterocycles. The first-order chi connectivity index (χ1) is 12.7. The first kappa shape index (κ1) is 19.2. The maximum atomic E-state index is 12.6. The second-order valence-corrected chi connectivity index (χ2v) is 8.88. The van der Waals surface area contributed by atoms with Crippen molar-refractivity contribution in [3.8, 4) is 5.75 Å². The van der Waals surface area contributed by atoms with Gasteiger partial charge in [0.05, 0.1) is 4.90 Å². The van der Waals surface area contributed by atoms with Gasteiger partial charge in [-0.25, -0.2) is 8.42 Å². The van der Waals surface area contributed by atoms with Gasteiger partial charge in [0.15, 0.2) is 6.61 Å². The van der Waals surface area contributed by atoms with Crippen LogP contribution in [0.5, 0.6) is 5.75 Å². The number of nitrogens with zero attached hydrogens (tertiary/aromatic N) is 1. The smallest absolute Gasteiger partial charge is 0.261 e. The molecule has 1 heterocycles. The molecule has 3 rings (SSSR count). The topological polar surface area (TPSA) is 75.7 Å². The Labute approximate surface area is 160 Å². The van der Waals surface area contributed by atoms with Crippen LogP contribution in [0.3, 0.4) is 0 Å². The van der Waals surface area contributed by atoms with Gasteiger partial charge in [-0.1, -0.05) is 31.5 Å². The second kappa shape index (κ2) is 7.60. The average Bonchev–Trinajstić information content (AvgIpc) is 2.74. The van der Waals surface area contributed by atoms with Gasteiger partial charge in [-0.2, -0.15) is 0 Å². The first-order valence-electron chi connectivity index (χ1n) is 8.87. The van der Waals surface area contributed by atoms with E-state index in [0.717, 1.165) is 11.1 Å². The Bertz CT molecular complexity index is 937. The van der Waals surface area contributed by atoms with Gasteiger partial charge < -0.3 is 9.64 Å². The Morgan fingerprint density at radius 1 is 1.15 bits per heavy atom. The van der Waals surface area contributed by atoms with Gasteiger partial charge in [-0.05, 0) is 43.2 Å². The first-order valence-corrected chi connectivity index (χ1v) is 10.4. The molecule has 1 N–H and O–H groups in total. The van der Waals surface area contributed by atoms with Crippen LogP contribution in [0.2, 0.25) is 0 Å². The molecule has 0 fully saturated rings. The number of benzene rings is 2. The molecule has 0 aromatic heterocycles. The van der Waals surface area contributed by atoms with E-state index in [1.54, 1.807) is 47.4 Å². The molecule has 0 saturated carbocycles. The summed E-state index contributed by atoms with van der Waals surface area (Å²) in [6, 6.07) is 11.7. The van der Waals surface area contributed by atoms with E-state index in [4.69, 9.17) is 4.74 Å². The molecule has 2 aromatic carbocycles. The fraction of sp³-hybridized carbons (Fsp3) is 0.350. The van der Waals surface area contributed by atoms with Crippen LogP contribution in [0.1, 0.15) is 25.0 Å². The molecule has 0 unspecified atom stereocenters. The van der Waals surface area contributed by atoms with E-state index < -0.39 is 10.0 Å². The number of hydrogen-bond acceptors (Lipinski definition) is 4. The van der Waals surface area contributed by atoms with Gasteiger partial charge in [0, 0.05) is 24.3 Å². The number of ether oxygens (including phenoxy) is 1. The Morgan fingerprint density at radius 2 is 1.85 bits per heavy atom. The lowest BCUT2D eigenvalue weighted by Crippen LogP contribution is -2.35. The molecule has 27 heavy (non-hydrogen) atoms. The normalized spacial score (nSPS) is 14.5. The van der Waals surface area contributed by atoms with E-state index in [1.165, 1.54) is 0 Å². The zero-order chi connectivity index (χ0) is 19.6. The van der Waals surface area contributed by atoms with Gasteiger partial charge in [0.25, 0.3) is 15.9 Å². The molecular weight excluding hydrogens is 364 g/mol. The third-order valence-electron chi connectivity index (χ3n) is 4.29. The molecule has 1 aliphatic rings. The van der Waals surface area contributed by atoms with Crippen LogP contribution in [0.15, 0.2) is 47.4 Å². The monoisotopic (exact) mass is 388 g/mol. The summed E-state index contributed by atoms with van der Waals surface area (Å²) < 4.78 is 33.4. The van der Waals surface area contributed by atoms with E-state index in [9.17, 15) is 13.2 Å². The molecule has 1 aliphatic heterocycles. The minimum absolute atomic E-state index is 0.00579. The van der Waals surface area contributed by atoms with Crippen molar-refractivity contribution < 1.29 is 17.9 Å². The van der Waals surface area contributed by atoms with E-state index in [2.05, 4.69) is 4.72 Å². The molecule has 1 amide bonds. The third kappa shape index (κ3) is 4.60. The van der Waals surface area contributed by atoms with Crippen molar-refractivity contribution >= 4 is 21.6 Å². The number of sulfonamides is 1. The van der Waals surface area contributed by atoms with Crippen LogP contribution in [-0.2, 0) is 21.4 Å². The standard InChI is InChI=1S/C20H24N2O4S/c1-14(2)11-22-12-16-10-17(6-9-19(16)26-13-20(22)23)21-27(24,25)18-7-4-15(3)5-8-18/h4-10,14,21H,11-13H2,1-3H3. The van der Waals surface area contributed by atoms with Crippen molar-refractivity contribution in [1.29, 1.82) is 0 Å². The van der Waals surface area contributed by atoms with Gasteiger partial charge in [0.2, 0.25) is 0 Å². The van der Waals surface area contributed by atoms with Crippen LogP contribution in [-0.4, -0.2) is 32.4 Å². The number of rotatable bonds is 5. The van der Waals surface area contributed by atoms with E-state index >= 15 is 0 Å². The quantitative estimate of drug-likeness (QED) is 0.854. The Hall–Kier alpha value is -2.54. The zero-order valence-corrected chi connectivity index (χ0v) is 16.5. The van der Waals surface area contributed by atoms with Crippen molar-refractivity contribution in [2.75, 3.05) is 17.9 Å². The molecule has 0 radical (unpaired) electrons. The molecule has 0 atom stereocenters. The summed E-state index contributed by atoms with van der Waals surface area (Å²) >= 11 is 0. The van der Waals surface area contributed by atoms with Crippen LogP contribution >= 0.6 is 0 Å². The minimum Gasteiger partial charge on any atom is -0.483 e. The number of aryl methyl sites for hydroxylation is 1. The molecule has 2 aromatic rings. The predicted molar refractivity (Wildman–Crippen MR) is 104 cm³/mol. The van der Waals surface area contributed by atoms with E-state index in [1.807, 2.05) is 20.8 Å². The molecule has 144 valence electrons. The third-order valence-corrected chi connectivity index (χ3v) is 5.69. The van der Waals surface area contributed by atoms with Crippen LogP contribution in [0, 0.1) is 12.8 Å². The summed E-state index contributed by atoms with van der Waals surface area (Å²) in [5.41, 5.74) is 2.22. The predicted octanol–water partition coefficient (Wildman–Crippen LogP) is 3.17. The summed E-state index contributed by atoms with van der Waals surface area (Å²) in [6.45, 7) is 7.01. The Balaban J connectivity index is 1.85. The summed E-state index contributed by atoms with van der Waals surface area (Å²) in [7, 11) is -3.68. The van der Waals surface area contributed by atoms with Crippen LogP contribution in [0.4, 0.5) is 5.69 Å². The number of hydrogen-bond donors (Lipinski definition) is 1. The fourth-order valence-electron chi connectivity index (χ4n) is 2.97. The SMILES string of the molecule is Cc1ccc(S(=O)(=O)Nc2ccc3c(c2)CN(CC(C)C)C(=O)CO3)cc1. The van der Waals surface area contributed by atoms with E-state index in [-0.39, 0.29) is 17.4 Å². The minimum atomic E-state index is -3.68. The number of amides is 1. The molecule has 0 bridgehead atoms. The Kier molecular flexibility index (Phi) is 5.41. The van der Waals surface area contributed by atoms with Gasteiger partial charge in [0.1, 0.15) is 5.75 Å². The van der Waals surface area contributed by atoms with Crippen molar-refractivity contribution in [1.82, 2.24) is 4.90 Å². The molecule has 0 spiro atoms. The second-order valence-electron chi connectivity index (χ2n) is 7.20. The lowest BCUT2D eigenvalue weighted by Gasteiger charge is -2.22. The maximum Gasteiger partial charge on any atom is 0.261 e. The molecular formula is C20H24N2O4S. The number of fused-ring (bicyclic) bond motifs is 1. The van der Waals surface area contributed by atoms with Crippen molar-refractivity contribution in [3.63, 3.8) is 0 Å². The van der Waals surface area contributed by atoms with Crippen LogP contribution < -0.4 is 9.46 Å². The van der Waals surface area contributed by atoms with Gasteiger partial charge in [-0.3, -0.25) is 9.52 Å². The lowest BCUT2D eigenvalue weighted by molar-refractivity contribution is -0.133. The molecule has 6 nitrogen and oxygen atoms in total. The van der Waals surface area contributed by atoms with Gasteiger partial charge >= 0.3 is 0 Å². The van der Waals surface area contributed by atoms with Crippen LogP contribution in [0.25, 0.3) is 0 Å². The average molecular weight is 388 g/mol. The highest BCUT2D eigenvalue weighted by Gasteiger charge is 2.23. The highest BCUT2D eigenvalue weighted by molar-refractivity contribution is 7.92. The highest BCUT2D eigenvalue weighted by atomic mass is 32.2. The Morgan fingerprint density at radius 3 is 2.52 bits per heavy atom. The van der Waals surface area contributed by atoms with Crippen molar-refractivity contribution in [2.24, 2.45) is 5.92 Å². The highest BCUT2D eigenvalue weighted by Crippen LogP contribution is 2.28. The lowest BCUT2D eigenvalue weighted by atomic mass is 10.1. The maximum absolute atomic E-state index is 12.6. The van der Waals surface area contributed by atoms with Gasteiger partial charge in [-0.15, -0.1) is 0 Å². The summed E-state index contributed by atoms with van der Waals surface area (Å²) in [6.07, 6.45) is 0. The number of carbonyl (C=O) groups is 1. The number of anilines is 1. The largest absolute Gasteiger partial charge is 0.483 e.